The number of nitrogens with two attached hydrogens (primary N) is 1. The smallest absolute Gasteiger partial charge is 0.317 e. The van der Waals surface area contributed by atoms with E-state index in [4.69, 9.17) is 29.8 Å². The maximum absolute atomic E-state index is 13.1. The van der Waals surface area contributed by atoms with Crippen molar-refractivity contribution in [2.45, 2.75) is 64.1 Å². The highest BCUT2D eigenvalue weighted by molar-refractivity contribution is 5.95. The molecule has 10 N–H and O–H groups in total. The van der Waals surface area contributed by atoms with Crippen LogP contribution in [0.1, 0.15) is 45.7 Å². The van der Waals surface area contributed by atoms with Crippen molar-refractivity contribution in [2.75, 3.05) is 92.1 Å². The third-order valence-electron chi connectivity index (χ3n) is 7.58. The molecule has 0 aliphatic carbocycles. The summed E-state index contributed by atoms with van der Waals surface area (Å²) in [7, 11) is 0. The lowest BCUT2D eigenvalue weighted by atomic mass is 9.97. The highest BCUT2D eigenvalue weighted by atomic mass is 16.5. The Bertz CT molecular complexity index is 1310. The fourth-order valence-electron chi connectivity index (χ4n) is 4.56. The summed E-state index contributed by atoms with van der Waals surface area (Å²) in [5.41, 5.74) is 5.35. The highest BCUT2D eigenvalue weighted by Crippen LogP contribution is 2.08. The number of carboxylic acids is 1. The Kier molecular flexibility index (Phi) is 25.6. The van der Waals surface area contributed by atoms with Crippen molar-refractivity contribution in [3.63, 3.8) is 0 Å². The lowest BCUT2D eigenvalue weighted by Gasteiger charge is -2.27. The quantitative estimate of drug-likeness (QED) is 0.0307. The molecule has 21 heteroatoms. The lowest BCUT2D eigenvalue weighted by molar-refractivity contribution is -0.136. The van der Waals surface area contributed by atoms with Gasteiger partial charge in [-0.25, -0.2) is 4.98 Å². The number of nitrogens with zero attached hydrogens (tertiary/aromatic N) is 1. The van der Waals surface area contributed by atoms with Crippen LogP contribution in [0.3, 0.4) is 0 Å². The number of unbranched alkanes of at least 4 members (excludes halogenated alkanes) is 1. The first-order chi connectivity index (χ1) is 26.2. The molecule has 4 amide bonds. The van der Waals surface area contributed by atoms with Gasteiger partial charge < -0.3 is 66.7 Å². The lowest BCUT2D eigenvalue weighted by Crippen LogP contribution is -2.57. The maximum Gasteiger partial charge on any atom is 0.317 e. The van der Waals surface area contributed by atoms with Crippen molar-refractivity contribution >= 4 is 41.2 Å². The summed E-state index contributed by atoms with van der Waals surface area (Å²) in [5, 5.41) is 25.0. The van der Waals surface area contributed by atoms with E-state index >= 15 is 0 Å². The molecule has 0 unspecified atom stereocenters. The Labute approximate surface area is 320 Å². The molecule has 0 aliphatic rings. The molecule has 2 atom stereocenters. The summed E-state index contributed by atoms with van der Waals surface area (Å²) in [6.45, 7) is 5.77. The number of aliphatic carboxylic acids is 1. The molecular formula is C34H59N9O12. The zero-order chi connectivity index (χ0) is 40.9. The van der Waals surface area contributed by atoms with Gasteiger partial charge in [0.25, 0.3) is 0 Å². The van der Waals surface area contributed by atoms with Crippen molar-refractivity contribution in [3.8, 4) is 0 Å². The molecule has 0 aliphatic heterocycles. The molecule has 0 spiro atoms. The van der Waals surface area contributed by atoms with Gasteiger partial charge in [0.1, 0.15) is 13.2 Å². The summed E-state index contributed by atoms with van der Waals surface area (Å²) in [4.78, 5) is 90.9. The minimum absolute atomic E-state index is 0.123. The number of aromatic amines is 1. The molecule has 0 fully saturated rings. The number of hydrogen-bond acceptors (Lipinski definition) is 15. The van der Waals surface area contributed by atoms with Crippen LogP contribution in [0, 0.1) is 0 Å². The van der Waals surface area contributed by atoms with E-state index in [-0.39, 0.29) is 89.2 Å². The average molecular weight is 786 g/mol. The number of Topliss-reactive ketones (excluding diaryl/α,β-unsaturated/α-hetero) is 2. The van der Waals surface area contributed by atoms with E-state index in [1.54, 1.807) is 6.20 Å². The minimum atomic E-state index is -1.30. The SMILES string of the molecule is CC(=O)NCCOCCOCC(=O)NCCOCCOCC(=O)NCCCC[C@H](NCC(=O)C(C)(C)NC(=O)[C@@H](N)Cc1cnc[nH]1)C(=O)CNCC(=O)O. The Morgan fingerprint density at radius 2 is 1.42 bits per heavy atom. The predicted octanol–water partition coefficient (Wildman–Crippen LogP) is -3.45. The number of rotatable bonds is 34. The van der Waals surface area contributed by atoms with E-state index in [1.165, 1.54) is 27.1 Å². The monoisotopic (exact) mass is 785 g/mol. The van der Waals surface area contributed by atoms with Gasteiger partial charge in [0.15, 0.2) is 11.6 Å². The summed E-state index contributed by atoms with van der Waals surface area (Å²) >= 11 is 0. The van der Waals surface area contributed by atoms with Crippen LogP contribution in [0.2, 0.25) is 0 Å². The minimum Gasteiger partial charge on any atom is -0.480 e. The standard InChI is InChI=1S/C34H59N9O12/c1-24(44)38-8-10-52-12-14-55-22-31(48)40-9-11-53-13-15-54-21-30(47)39-7-5-4-6-27(28(45)18-36-20-32(49)50)41-19-29(46)34(2,3)43-33(51)26(35)16-25-17-37-23-42-25/h17,23,26-27,36,41H,4-16,18-22,35H2,1-3H3,(H,37,42)(H,38,44)(H,39,47)(H,40,48)(H,43,51)(H,49,50)/t26-,27-/m0/s1. The van der Waals surface area contributed by atoms with Gasteiger partial charge in [-0.2, -0.15) is 0 Å². The Morgan fingerprint density at radius 1 is 0.818 bits per heavy atom. The Morgan fingerprint density at radius 3 is 2.00 bits per heavy atom. The number of aromatic nitrogens is 2. The van der Waals surface area contributed by atoms with Crippen LogP contribution < -0.4 is 37.6 Å². The van der Waals surface area contributed by atoms with Gasteiger partial charge >= 0.3 is 5.97 Å². The van der Waals surface area contributed by atoms with Gasteiger partial charge in [-0.05, 0) is 33.1 Å². The number of amides is 4. The first-order valence-electron chi connectivity index (χ1n) is 18.1. The van der Waals surface area contributed by atoms with Crippen LogP contribution in [-0.4, -0.2) is 166 Å². The van der Waals surface area contributed by atoms with Crippen molar-refractivity contribution in [1.29, 1.82) is 0 Å². The van der Waals surface area contributed by atoms with Gasteiger partial charge in [-0.15, -0.1) is 0 Å². The molecule has 21 nitrogen and oxygen atoms in total. The van der Waals surface area contributed by atoms with Gasteiger partial charge in [-0.1, -0.05) is 0 Å². The fraction of sp³-hybridized carbons (Fsp3) is 0.706. The van der Waals surface area contributed by atoms with Crippen LogP contribution in [-0.2, 0) is 58.9 Å². The third-order valence-corrected chi connectivity index (χ3v) is 7.58. The Hall–Kier alpha value is -4.38. The highest BCUT2D eigenvalue weighted by Gasteiger charge is 2.32. The largest absolute Gasteiger partial charge is 0.480 e. The summed E-state index contributed by atoms with van der Waals surface area (Å²) in [5.74, 6) is -3.17. The zero-order valence-electron chi connectivity index (χ0n) is 32.0. The summed E-state index contributed by atoms with van der Waals surface area (Å²) in [6, 6.07) is -1.72. The van der Waals surface area contributed by atoms with E-state index in [2.05, 4.69) is 41.9 Å². The number of H-pyrrole nitrogens is 1. The van der Waals surface area contributed by atoms with Gasteiger partial charge in [0.2, 0.25) is 23.6 Å². The molecule has 1 aromatic rings. The van der Waals surface area contributed by atoms with E-state index in [9.17, 15) is 33.6 Å². The van der Waals surface area contributed by atoms with Crippen molar-refractivity contribution in [2.24, 2.45) is 5.73 Å². The van der Waals surface area contributed by atoms with Crippen LogP contribution >= 0.6 is 0 Å². The van der Waals surface area contributed by atoms with Crippen molar-refractivity contribution in [1.82, 2.24) is 41.9 Å². The molecule has 0 aromatic carbocycles. The first kappa shape index (κ1) is 48.6. The van der Waals surface area contributed by atoms with Crippen LogP contribution in [0.15, 0.2) is 12.5 Å². The molecule has 1 heterocycles. The molecule has 55 heavy (non-hydrogen) atoms. The number of carbonyl (C=O) groups excluding carboxylic acids is 6. The number of ether oxygens (including phenoxy) is 4. The van der Waals surface area contributed by atoms with Crippen LogP contribution in [0.4, 0.5) is 0 Å². The summed E-state index contributed by atoms with van der Waals surface area (Å²) < 4.78 is 21.1. The van der Waals surface area contributed by atoms with Crippen molar-refractivity contribution < 1.29 is 57.6 Å². The molecule has 0 saturated heterocycles. The second-order valence-corrected chi connectivity index (χ2v) is 12.8. The second-order valence-electron chi connectivity index (χ2n) is 12.8. The Balaban J connectivity index is 2.26. The molecule has 0 saturated carbocycles. The number of carbonyl (C=O) groups is 7. The van der Waals surface area contributed by atoms with E-state index in [1.807, 2.05) is 0 Å². The molecule has 0 bridgehead atoms. The fourth-order valence-corrected chi connectivity index (χ4v) is 4.56. The second kappa shape index (κ2) is 29.0. The van der Waals surface area contributed by atoms with E-state index < -0.39 is 41.8 Å². The first-order valence-corrected chi connectivity index (χ1v) is 18.1. The topological polar surface area (TPSA) is 304 Å². The van der Waals surface area contributed by atoms with E-state index in [0.29, 0.717) is 51.3 Å². The average Bonchev–Trinajstić information content (AvgIpc) is 3.64. The number of hydrogen-bond donors (Lipinski definition) is 9. The normalized spacial score (nSPS) is 12.4. The van der Waals surface area contributed by atoms with Gasteiger partial charge in [0.05, 0.1) is 83.2 Å². The summed E-state index contributed by atoms with van der Waals surface area (Å²) in [6.07, 6.45) is 4.52. The van der Waals surface area contributed by atoms with Gasteiger partial charge in [-0.3, -0.25) is 33.6 Å². The maximum atomic E-state index is 13.1. The van der Waals surface area contributed by atoms with Crippen molar-refractivity contribution in [3.05, 3.63) is 18.2 Å². The number of nitrogens with one attached hydrogen (secondary N) is 7. The molecule has 312 valence electrons. The van der Waals surface area contributed by atoms with Crippen LogP contribution in [0.25, 0.3) is 0 Å². The predicted molar refractivity (Wildman–Crippen MR) is 197 cm³/mol. The number of carboxylic acid groups (broad SMARTS) is 1. The van der Waals surface area contributed by atoms with Gasteiger partial charge in [0, 0.05) is 44.9 Å². The van der Waals surface area contributed by atoms with Crippen LogP contribution in [0.5, 0.6) is 0 Å². The molecule has 0 radical (unpaired) electrons. The molecule has 1 rings (SSSR count). The molecule has 1 aromatic heterocycles. The molecular weight excluding hydrogens is 726 g/mol. The number of imidazole rings is 1. The third kappa shape index (κ3) is 25.4. The number of ketones is 2. The van der Waals surface area contributed by atoms with E-state index in [0.717, 1.165) is 0 Å². The zero-order valence-corrected chi connectivity index (χ0v) is 32.0.